The summed E-state index contributed by atoms with van der Waals surface area (Å²) in [5.74, 6) is 1.43. The first-order valence-corrected chi connectivity index (χ1v) is 17.6. The molecule has 0 unspecified atom stereocenters. The monoisotopic (exact) mass is 746 g/mol. The van der Waals surface area contributed by atoms with Gasteiger partial charge in [-0.15, -0.1) is 5.10 Å². The highest BCUT2D eigenvalue weighted by Gasteiger charge is 2.30. The van der Waals surface area contributed by atoms with Gasteiger partial charge in [0.05, 0.1) is 48.7 Å². The van der Waals surface area contributed by atoms with Crippen LogP contribution < -0.4 is 14.8 Å². The lowest BCUT2D eigenvalue weighted by molar-refractivity contribution is -0.130. The molecule has 1 fully saturated rings. The zero-order valence-electron chi connectivity index (χ0n) is 29.6. The maximum Gasteiger partial charge on any atom is 0.407 e. The Labute approximate surface area is 311 Å². The van der Waals surface area contributed by atoms with E-state index in [1.54, 1.807) is 40.9 Å². The second-order valence-corrected chi connectivity index (χ2v) is 13.6. The van der Waals surface area contributed by atoms with Gasteiger partial charge in [0.25, 0.3) is 0 Å². The van der Waals surface area contributed by atoms with Crippen LogP contribution in [0, 0.1) is 0 Å². The number of halogens is 2. The maximum atomic E-state index is 12.3. The third kappa shape index (κ3) is 7.62. The first-order valence-electron chi connectivity index (χ1n) is 16.9. The van der Waals surface area contributed by atoms with Gasteiger partial charge in [-0.2, -0.15) is 0 Å². The SMILES string of the molecule is COc1nc(-c2cccc(-c3ccnc(-c4cc(OC)c5nc(CNC(C)C)nn5c4)c3Cl)c2Cl)ccc1CN(C(=O)O)C1CCN(C(C)=O)CC1. The number of aromatic nitrogens is 5. The van der Waals surface area contributed by atoms with Crippen LogP contribution in [0.15, 0.2) is 54.9 Å². The van der Waals surface area contributed by atoms with Crippen molar-refractivity contribution in [3.05, 3.63) is 76.3 Å². The molecule has 6 rings (SSSR count). The summed E-state index contributed by atoms with van der Waals surface area (Å²) in [5, 5.41) is 18.9. The van der Waals surface area contributed by atoms with Crippen molar-refractivity contribution in [2.75, 3.05) is 27.3 Å². The molecule has 272 valence electrons. The second-order valence-electron chi connectivity index (χ2n) is 12.8. The molecule has 0 spiro atoms. The lowest BCUT2D eigenvalue weighted by Gasteiger charge is -2.37. The van der Waals surface area contributed by atoms with Crippen LogP contribution in [-0.4, -0.2) is 90.9 Å². The Hall–Kier alpha value is -4.98. The third-order valence-electron chi connectivity index (χ3n) is 9.13. The van der Waals surface area contributed by atoms with Crippen LogP contribution in [0.3, 0.4) is 0 Å². The third-order valence-corrected chi connectivity index (χ3v) is 9.92. The Morgan fingerprint density at radius 3 is 2.42 bits per heavy atom. The number of likely N-dealkylation sites (tertiary alicyclic amines) is 1. The Kier molecular flexibility index (Phi) is 11.1. The predicted molar refractivity (Wildman–Crippen MR) is 199 cm³/mol. The minimum atomic E-state index is -1.04. The Bertz CT molecular complexity index is 2120. The number of benzene rings is 1. The van der Waals surface area contributed by atoms with E-state index in [2.05, 4.69) is 34.2 Å². The fraction of sp³-hybridized carbons (Fsp3) is 0.351. The molecular weight excluding hydrogens is 707 g/mol. The average Bonchev–Trinajstić information content (AvgIpc) is 3.56. The number of nitrogens with zero attached hydrogens (tertiary/aromatic N) is 7. The molecule has 4 aromatic heterocycles. The van der Waals surface area contributed by atoms with E-state index in [0.717, 1.165) is 0 Å². The number of ether oxygens (including phenoxy) is 2. The maximum absolute atomic E-state index is 12.3. The molecule has 0 saturated carbocycles. The zero-order valence-corrected chi connectivity index (χ0v) is 31.1. The largest absolute Gasteiger partial charge is 0.493 e. The van der Waals surface area contributed by atoms with Crippen LogP contribution >= 0.6 is 23.2 Å². The van der Waals surface area contributed by atoms with Crippen LogP contribution in [-0.2, 0) is 17.9 Å². The summed E-state index contributed by atoms with van der Waals surface area (Å²) in [6.07, 6.45) is 3.56. The van der Waals surface area contributed by atoms with Gasteiger partial charge in [-0.05, 0) is 37.1 Å². The van der Waals surface area contributed by atoms with Gasteiger partial charge in [-0.25, -0.2) is 19.3 Å². The lowest BCUT2D eigenvalue weighted by Crippen LogP contribution is -2.47. The Morgan fingerprint density at radius 1 is 1.02 bits per heavy atom. The summed E-state index contributed by atoms with van der Waals surface area (Å²) in [4.78, 5) is 41.3. The number of nitrogens with one attached hydrogen (secondary N) is 1. The van der Waals surface area contributed by atoms with E-state index in [9.17, 15) is 14.7 Å². The highest BCUT2D eigenvalue weighted by atomic mass is 35.5. The molecule has 5 heterocycles. The molecular formula is C37H40Cl2N8O5. The van der Waals surface area contributed by atoms with Gasteiger partial charge in [0.1, 0.15) is 0 Å². The summed E-state index contributed by atoms with van der Waals surface area (Å²) in [6.45, 7) is 7.26. The number of rotatable bonds is 11. The highest BCUT2D eigenvalue weighted by Crippen LogP contribution is 2.42. The molecule has 1 aliphatic rings. The van der Waals surface area contributed by atoms with Gasteiger partial charge in [0.15, 0.2) is 17.2 Å². The average molecular weight is 748 g/mol. The van der Waals surface area contributed by atoms with Crippen LogP contribution in [0.1, 0.15) is 45.0 Å². The molecule has 1 aromatic carbocycles. The summed E-state index contributed by atoms with van der Waals surface area (Å²) < 4.78 is 13.0. The topological polar surface area (TPSA) is 147 Å². The van der Waals surface area contributed by atoms with Gasteiger partial charge in [0, 0.05) is 72.3 Å². The standard InChI is InChI=1S/C37H40Cl2N8O5/c1-21(2)41-18-31-43-35-30(51-4)17-24(20-47(35)44-31)34-33(39)27(11-14-40-34)26-7-6-8-28(32(26)38)29-10-9-23(36(42-29)52-5)19-46(37(49)50)25-12-15-45(16-13-25)22(3)48/h6-11,14,17,20-21,25,41H,12-13,15-16,18-19H2,1-5H3,(H,49,50). The summed E-state index contributed by atoms with van der Waals surface area (Å²) in [7, 11) is 3.08. The van der Waals surface area contributed by atoms with Crippen molar-refractivity contribution in [2.24, 2.45) is 0 Å². The van der Waals surface area contributed by atoms with E-state index >= 15 is 0 Å². The van der Waals surface area contributed by atoms with E-state index in [1.807, 2.05) is 30.5 Å². The second kappa shape index (κ2) is 15.7. The number of hydrogen-bond donors (Lipinski definition) is 2. The predicted octanol–water partition coefficient (Wildman–Crippen LogP) is 6.83. The van der Waals surface area contributed by atoms with Gasteiger partial charge in [0.2, 0.25) is 11.8 Å². The number of piperidine rings is 1. The first-order chi connectivity index (χ1) is 25.0. The van der Waals surface area contributed by atoms with Crippen molar-refractivity contribution in [1.29, 1.82) is 0 Å². The van der Waals surface area contributed by atoms with Crippen molar-refractivity contribution in [3.63, 3.8) is 0 Å². The number of methoxy groups -OCH3 is 2. The number of carbonyl (C=O) groups excluding carboxylic acids is 1. The van der Waals surface area contributed by atoms with Crippen LogP contribution in [0.2, 0.25) is 10.0 Å². The van der Waals surface area contributed by atoms with E-state index in [0.29, 0.717) is 98.9 Å². The number of fused-ring (bicyclic) bond motifs is 1. The van der Waals surface area contributed by atoms with Crippen molar-refractivity contribution in [3.8, 4) is 45.3 Å². The fourth-order valence-electron chi connectivity index (χ4n) is 6.39. The molecule has 0 atom stereocenters. The minimum Gasteiger partial charge on any atom is -0.493 e. The van der Waals surface area contributed by atoms with Gasteiger partial charge in [-0.3, -0.25) is 9.78 Å². The smallest absolute Gasteiger partial charge is 0.407 e. The van der Waals surface area contributed by atoms with E-state index in [1.165, 1.54) is 18.9 Å². The Balaban J connectivity index is 1.30. The number of carboxylic acid groups (broad SMARTS) is 1. The number of amides is 2. The minimum absolute atomic E-state index is 0.00844. The lowest BCUT2D eigenvalue weighted by atomic mass is 9.99. The van der Waals surface area contributed by atoms with Crippen molar-refractivity contribution in [2.45, 2.75) is 58.8 Å². The molecule has 5 aromatic rings. The quantitative estimate of drug-likeness (QED) is 0.147. The van der Waals surface area contributed by atoms with E-state index < -0.39 is 6.09 Å². The highest BCUT2D eigenvalue weighted by molar-refractivity contribution is 6.39. The summed E-state index contributed by atoms with van der Waals surface area (Å²) >= 11 is 14.2. The number of carbonyl (C=O) groups is 2. The molecule has 0 aliphatic carbocycles. The van der Waals surface area contributed by atoms with E-state index in [4.69, 9.17) is 37.7 Å². The van der Waals surface area contributed by atoms with Gasteiger partial charge in [-0.1, -0.05) is 55.2 Å². The summed E-state index contributed by atoms with van der Waals surface area (Å²) in [6, 6.07) is 12.9. The molecule has 1 saturated heterocycles. The summed E-state index contributed by atoms with van der Waals surface area (Å²) in [5.41, 5.74) is 4.89. The zero-order chi connectivity index (χ0) is 37.1. The van der Waals surface area contributed by atoms with Crippen molar-refractivity contribution in [1.82, 2.24) is 39.7 Å². The van der Waals surface area contributed by atoms with Gasteiger partial charge < -0.3 is 29.7 Å². The molecule has 1 aliphatic heterocycles. The Morgan fingerprint density at radius 2 is 1.75 bits per heavy atom. The molecule has 0 radical (unpaired) electrons. The first kappa shape index (κ1) is 36.8. The van der Waals surface area contributed by atoms with E-state index in [-0.39, 0.29) is 30.4 Å². The van der Waals surface area contributed by atoms with Crippen molar-refractivity contribution >= 4 is 40.8 Å². The molecule has 2 amide bonds. The molecule has 52 heavy (non-hydrogen) atoms. The van der Waals surface area contributed by atoms with Crippen LogP contribution in [0.5, 0.6) is 11.6 Å². The number of hydrogen-bond acceptors (Lipinski definition) is 9. The molecule has 0 bridgehead atoms. The fourth-order valence-corrected chi connectivity index (χ4v) is 7.03. The van der Waals surface area contributed by atoms with Gasteiger partial charge >= 0.3 is 6.09 Å². The van der Waals surface area contributed by atoms with Crippen LogP contribution in [0.25, 0.3) is 39.3 Å². The van der Waals surface area contributed by atoms with Crippen LogP contribution in [0.4, 0.5) is 4.79 Å². The normalized spacial score (nSPS) is 13.5. The molecule has 15 heteroatoms. The van der Waals surface area contributed by atoms with Crippen molar-refractivity contribution < 1.29 is 24.2 Å². The molecule has 13 nitrogen and oxygen atoms in total. The number of pyridine rings is 3. The molecule has 2 N–H and O–H groups in total.